The van der Waals surface area contributed by atoms with E-state index in [1.54, 1.807) is 12.1 Å². The molecule has 1 amide bonds. The SMILES string of the molecule is CCN(CC(N)=O)C(c1ccc(F)cc1)C(C)N. The number of primary amides is 1. The number of amides is 1. The molecule has 0 heterocycles. The van der Waals surface area contributed by atoms with Gasteiger partial charge in [-0.15, -0.1) is 0 Å². The molecule has 0 aromatic heterocycles. The second-order valence-electron chi connectivity index (χ2n) is 4.38. The van der Waals surface area contributed by atoms with E-state index < -0.39 is 5.91 Å². The van der Waals surface area contributed by atoms with Gasteiger partial charge in [0.1, 0.15) is 5.82 Å². The average molecular weight is 253 g/mol. The highest BCUT2D eigenvalue weighted by molar-refractivity contribution is 5.76. The summed E-state index contributed by atoms with van der Waals surface area (Å²) in [5.74, 6) is -0.690. The molecule has 0 aliphatic rings. The molecule has 0 fully saturated rings. The van der Waals surface area contributed by atoms with Crippen LogP contribution >= 0.6 is 0 Å². The van der Waals surface area contributed by atoms with Crippen molar-refractivity contribution < 1.29 is 9.18 Å². The summed E-state index contributed by atoms with van der Waals surface area (Å²) in [7, 11) is 0. The highest BCUT2D eigenvalue weighted by atomic mass is 19.1. The third-order valence-corrected chi connectivity index (χ3v) is 2.87. The van der Waals surface area contributed by atoms with Gasteiger partial charge in [0, 0.05) is 6.04 Å². The molecule has 18 heavy (non-hydrogen) atoms. The summed E-state index contributed by atoms with van der Waals surface area (Å²) in [6.45, 7) is 4.58. The van der Waals surface area contributed by atoms with Crippen LogP contribution in [-0.4, -0.2) is 29.9 Å². The Morgan fingerprint density at radius 2 is 1.94 bits per heavy atom. The van der Waals surface area contributed by atoms with Crippen LogP contribution in [0.15, 0.2) is 24.3 Å². The minimum atomic E-state index is -0.399. The Morgan fingerprint density at radius 1 is 1.39 bits per heavy atom. The Bertz CT molecular complexity index is 392. The van der Waals surface area contributed by atoms with Crippen molar-refractivity contribution in [3.8, 4) is 0 Å². The summed E-state index contributed by atoms with van der Waals surface area (Å²) in [5.41, 5.74) is 12.1. The van der Waals surface area contributed by atoms with Crippen LogP contribution in [0.25, 0.3) is 0 Å². The van der Waals surface area contributed by atoms with Gasteiger partial charge >= 0.3 is 0 Å². The first-order chi connectivity index (χ1) is 8.45. The van der Waals surface area contributed by atoms with Gasteiger partial charge in [-0.05, 0) is 31.2 Å². The van der Waals surface area contributed by atoms with Crippen molar-refractivity contribution in [1.82, 2.24) is 4.90 Å². The van der Waals surface area contributed by atoms with E-state index in [0.717, 1.165) is 5.56 Å². The molecular weight excluding hydrogens is 233 g/mol. The maximum Gasteiger partial charge on any atom is 0.231 e. The van der Waals surface area contributed by atoms with Gasteiger partial charge in [-0.1, -0.05) is 19.1 Å². The highest BCUT2D eigenvalue weighted by Crippen LogP contribution is 2.23. The molecule has 0 saturated carbocycles. The fourth-order valence-electron chi connectivity index (χ4n) is 2.11. The van der Waals surface area contributed by atoms with Gasteiger partial charge in [-0.2, -0.15) is 0 Å². The number of rotatable bonds is 6. The topological polar surface area (TPSA) is 72.3 Å². The highest BCUT2D eigenvalue weighted by Gasteiger charge is 2.24. The standard InChI is InChI=1S/C13H20FN3O/c1-3-17(8-12(16)18)13(9(2)15)10-4-6-11(14)7-5-10/h4-7,9,13H,3,8,15H2,1-2H3,(H2,16,18). The van der Waals surface area contributed by atoms with E-state index in [1.165, 1.54) is 12.1 Å². The predicted octanol–water partition coefficient (Wildman–Crippen LogP) is 1.02. The lowest BCUT2D eigenvalue weighted by Crippen LogP contribution is -2.43. The van der Waals surface area contributed by atoms with Crippen LogP contribution < -0.4 is 11.5 Å². The number of benzene rings is 1. The number of halogens is 1. The molecule has 100 valence electrons. The Labute approximate surface area is 107 Å². The van der Waals surface area contributed by atoms with Crippen molar-refractivity contribution in [2.75, 3.05) is 13.1 Å². The number of carbonyl (C=O) groups is 1. The van der Waals surface area contributed by atoms with Crippen molar-refractivity contribution in [3.05, 3.63) is 35.6 Å². The lowest BCUT2D eigenvalue weighted by atomic mass is 9.99. The Kier molecular flexibility index (Phi) is 5.25. The van der Waals surface area contributed by atoms with E-state index >= 15 is 0 Å². The summed E-state index contributed by atoms with van der Waals surface area (Å²) in [6.07, 6.45) is 0. The molecule has 1 rings (SSSR count). The van der Waals surface area contributed by atoms with E-state index in [9.17, 15) is 9.18 Å². The van der Waals surface area contributed by atoms with Gasteiger partial charge in [-0.25, -0.2) is 4.39 Å². The molecule has 2 unspecified atom stereocenters. The number of nitrogens with two attached hydrogens (primary N) is 2. The zero-order valence-corrected chi connectivity index (χ0v) is 10.8. The van der Waals surface area contributed by atoms with Crippen molar-refractivity contribution in [3.63, 3.8) is 0 Å². The molecule has 4 N–H and O–H groups in total. The fraction of sp³-hybridized carbons (Fsp3) is 0.462. The van der Waals surface area contributed by atoms with Gasteiger partial charge in [-0.3, -0.25) is 9.69 Å². The van der Waals surface area contributed by atoms with Crippen LogP contribution in [0.5, 0.6) is 0 Å². The van der Waals surface area contributed by atoms with Crippen molar-refractivity contribution >= 4 is 5.91 Å². The number of hydrogen-bond donors (Lipinski definition) is 2. The average Bonchev–Trinajstić information content (AvgIpc) is 2.29. The third-order valence-electron chi connectivity index (χ3n) is 2.87. The number of hydrogen-bond acceptors (Lipinski definition) is 3. The molecule has 0 spiro atoms. The minimum Gasteiger partial charge on any atom is -0.369 e. The Hall–Kier alpha value is -1.46. The predicted molar refractivity (Wildman–Crippen MR) is 69.2 cm³/mol. The van der Waals surface area contributed by atoms with Gasteiger partial charge in [0.25, 0.3) is 0 Å². The van der Waals surface area contributed by atoms with Crippen LogP contribution in [0.4, 0.5) is 4.39 Å². The molecule has 0 saturated heterocycles. The smallest absolute Gasteiger partial charge is 0.231 e. The molecule has 0 aliphatic heterocycles. The van der Waals surface area contributed by atoms with Crippen LogP contribution in [0.2, 0.25) is 0 Å². The van der Waals surface area contributed by atoms with E-state index in [4.69, 9.17) is 11.5 Å². The van der Waals surface area contributed by atoms with Crippen LogP contribution in [-0.2, 0) is 4.79 Å². The van der Waals surface area contributed by atoms with Crippen molar-refractivity contribution in [2.24, 2.45) is 11.5 Å². The second-order valence-corrected chi connectivity index (χ2v) is 4.38. The zero-order valence-electron chi connectivity index (χ0n) is 10.8. The quantitative estimate of drug-likeness (QED) is 0.795. The van der Waals surface area contributed by atoms with Crippen LogP contribution in [0.3, 0.4) is 0 Å². The lowest BCUT2D eigenvalue weighted by molar-refractivity contribution is -0.119. The summed E-state index contributed by atoms with van der Waals surface area (Å²) < 4.78 is 12.9. The van der Waals surface area contributed by atoms with Crippen LogP contribution in [0.1, 0.15) is 25.5 Å². The molecule has 5 heteroatoms. The first-order valence-electron chi connectivity index (χ1n) is 5.99. The maximum atomic E-state index is 12.9. The zero-order chi connectivity index (χ0) is 13.7. The summed E-state index contributed by atoms with van der Waals surface area (Å²) in [4.78, 5) is 12.9. The maximum absolute atomic E-state index is 12.9. The van der Waals surface area contributed by atoms with Crippen molar-refractivity contribution in [2.45, 2.75) is 25.9 Å². The van der Waals surface area contributed by atoms with E-state index in [0.29, 0.717) is 6.54 Å². The minimum absolute atomic E-state index is 0.139. The lowest BCUT2D eigenvalue weighted by Gasteiger charge is -2.32. The summed E-state index contributed by atoms with van der Waals surface area (Å²) in [6, 6.07) is 5.82. The molecule has 1 aromatic rings. The number of nitrogens with zero attached hydrogens (tertiary/aromatic N) is 1. The largest absolute Gasteiger partial charge is 0.369 e. The van der Waals surface area contributed by atoms with E-state index in [1.807, 2.05) is 18.7 Å². The molecular formula is C13H20FN3O. The molecule has 4 nitrogen and oxygen atoms in total. The third kappa shape index (κ3) is 3.78. The van der Waals surface area contributed by atoms with E-state index in [-0.39, 0.29) is 24.4 Å². The summed E-state index contributed by atoms with van der Waals surface area (Å²) in [5, 5.41) is 0. The fourth-order valence-corrected chi connectivity index (χ4v) is 2.11. The van der Waals surface area contributed by atoms with Crippen LogP contribution in [0, 0.1) is 5.82 Å². The normalized spacial score (nSPS) is 14.5. The first kappa shape index (κ1) is 14.6. The molecule has 1 aromatic carbocycles. The van der Waals surface area contributed by atoms with Gasteiger partial charge in [0.05, 0.1) is 12.6 Å². The Morgan fingerprint density at radius 3 is 2.33 bits per heavy atom. The second kappa shape index (κ2) is 6.47. The molecule has 0 radical (unpaired) electrons. The molecule has 0 bridgehead atoms. The Balaban J connectivity index is 3.00. The molecule has 0 aliphatic carbocycles. The molecule has 2 atom stereocenters. The number of carbonyl (C=O) groups excluding carboxylic acids is 1. The monoisotopic (exact) mass is 253 g/mol. The first-order valence-corrected chi connectivity index (χ1v) is 5.99. The summed E-state index contributed by atoms with van der Waals surface area (Å²) >= 11 is 0. The van der Waals surface area contributed by atoms with Gasteiger partial charge in [0.2, 0.25) is 5.91 Å². The van der Waals surface area contributed by atoms with Gasteiger partial charge < -0.3 is 11.5 Å². The number of likely N-dealkylation sites (N-methyl/N-ethyl adjacent to an activating group) is 1. The van der Waals surface area contributed by atoms with Gasteiger partial charge in [0.15, 0.2) is 0 Å². The van der Waals surface area contributed by atoms with Crippen molar-refractivity contribution in [1.29, 1.82) is 0 Å². The van der Waals surface area contributed by atoms with E-state index in [2.05, 4.69) is 0 Å².